The maximum absolute atomic E-state index is 6.58. The Labute approximate surface area is 297 Å². The number of nitrogens with zero attached hydrogens (tertiary/aromatic N) is 3. The summed E-state index contributed by atoms with van der Waals surface area (Å²) in [5, 5.41) is 8.89. The van der Waals surface area contributed by atoms with Crippen LogP contribution in [0, 0.1) is 0 Å². The Morgan fingerprint density at radius 1 is 0.308 bits per heavy atom. The van der Waals surface area contributed by atoms with Crippen LogP contribution in [0.5, 0.6) is 0 Å². The summed E-state index contributed by atoms with van der Waals surface area (Å²) in [6.45, 7) is 0. The van der Waals surface area contributed by atoms with E-state index in [1.54, 1.807) is 0 Å². The average molecular weight is 666 g/mol. The molecule has 5 heteroatoms. The van der Waals surface area contributed by atoms with Crippen molar-refractivity contribution in [3.8, 4) is 45.3 Å². The summed E-state index contributed by atoms with van der Waals surface area (Å²) in [6, 6.07) is 56.2. The van der Waals surface area contributed by atoms with Crippen LogP contribution in [0.25, 0.3) is 111 Å². The molecule has 0 fully saturated rings. The molecule has 52 heavy (non-hydrogen) atoms. The summed E-state index contributed by atoms with van der Waals surface area (Å²) in [7, 11) is 0. The van der Waals surface area contributed by atoms with E-state index >= 15 is 0 Å². The molecule has 11 aromatic rings. The van der Waals surface area contributed by atoms with E-state index in [4.69, 9.17) is 23.8 Å². The monoisotopic (exact) mass is 665 g/mol. The Hall–Kier alpha value is -7.11. The lowest BCUT2D eigenvalue weighted by Crippen LogP contribution is -2.00. The summed E-state index contributed by atoms with van der Waals surface area (Å²) < 4.78 is 12.9. The molecule has 8 aromatic carbocycles. The van der Waals surface area contributed by atoms with Crippen LogP contribution in [0.4, 0.5) is 0 Å². The molecule has 3 heterocycles. The van der Waals surface area contributed by atoms with Crippen LogP contribution >= 0.6 is 0 Å². The molecule has 0 saturated carbocycles. The number of hydrogen-bond acceptors (Lipinski definition) is 5. The van der Waals surface area contributed by atoms with E-state index in [9.17, 15) is 0 Å². The minimum Gasteiger partial charge on any atom is -0.456 e. The van der Waals surface area contributed by atoms with Gasteiger partial charge in [0.2, 0.25) is 0 Å². The van der Waals surface area contributed by atoms with E-state index < -0.39 is 0 Å². The number of rotatable bonds is 4. The number of hydrogen-bond donors (Lipinski definition) is 0. The van der Waals surface area contributed by atoms with Crippen molar-refractivity contribution >= 4 is 65.4 Å². The van der Waals surface area contributed by atoms with Crippen molar-refractivity contribution in [3.63, 3.8) is 0 Å². The smallest absolute Gasteiger partial charge is 0.164 e. The van der Waals surface area contributed by atoms with Crippen molar-refractivity contribution in [3.05, 3.63) is 164 Å². The molecule has 3 aromatic heterocycles. The minimum absolute atomic E-state index is 0.581. The zero-order valence-corrected chi connectivity index (χ0v) is 27.7. The molecule has 11 rings (SSSR count). The SMILES string of the molecule is c1ccc(-c2nc(-c3ccc4c(ccc5ccccc54)c3)nc(-c3cccc4oc5cccc(-c6cccc7oc8ccccc8c67)c5c34)n2)cc1. The maximum Gasteiger partial charge on any atom is 0.164 e. The van der Waals surface area contributed by atoms with Crippen molar-refractivity contribution in [2.24, 2.45) is 0 Å². The van der Waals surface area contributed by atoms with Crippen LogP contribution in [0.1, 0.15) is 0 Å². The summed E-state index contributed by atoms with van der Waals surface area (Å²) in [5.41, 5.74) is 8.13. The molecule has 0 aliphatic carbocycles. The molecule has 0 atom stereocenters. The quantitative estimate of drug-likeness (QED) is 0.175. The first kappa shape index (κ1) is 28.7. The van der Waals surface area contributed by atoms with E-state index in [-0.39, 0.29) is 0 Å². The van der Waals surface area contributed by atoms with Gasteiger partial charge >= 0.3 is 0 Å². The van der Waals surface area contributed by atoms with Crippen molar-refractivity contribution in [1.82, 2.24) is 15.0 Å². The van der Waals surface area contributed by atoms with Gasteiger partial charge in [-0.15, -0.1) is 0 Å². The Kier molecular flexibility index (Phi) is 6.18. The summed E-state index contributed by atoms with van der Waals surface area (Å²) in [4.78, 5) is 15.4. The molecule has 0 amide bonds. The molecule has 0 bridgehead atoms. The molecule has 242 valence electrons. The van der Waals surface area contributed by atoms with E-state index in [2.05, 4.69) is 97.1 Å². The van der Waals surface area contributed by atoms with Gasteiger partial charge in [0.15, 0.2) is 17.5 Å². The Balaban J connectivity index is 1.17. The molecule has 0 aliphatic heterocycles. The third-order valence-electron chi connectivity index (χ3n) is 10.1. The highest BCUT2D eigenvalue weighted by atomic mass is 16.3. The van der Waals surface area contributed by atoms with Crippen molar-refractivity contribution in [2.75, 3.05) is 0 Å². The van der Waals surface area contributed by atoms with Gasteiger partial charge in [-0.05, 0) is 63.0 Å². The van der Waals surface area contributed by atoms with Crippen LogP contribution in [0.2, 0.25) is 0 Å². The highest BCUT2D eigenvalue weighted by Gasteiger charge is 2.22. The van der Waals surface area contributed by atoms with Crippen LogP contribution in [-0.4, -0.2) is 15.0 Å². The number of aromatic nitrogens is 3. The van der Waals surface area contributed by atoms with Crippen molar-refractivity contribution in [2.45, 2.75) is 0 Å². The van der Waals surface area contributed by atoms with Crippen LogP contribution in [-0.2, 0) is 0 Å². The van der Waals surface area contributed by atoms with E-state index in [1.807, 2.05) is 66.7 Å². The molecular weight excluding hydrogens is 639 g/mol. The van der Waals surface area contributed by atoms with Crippen LogP contribution in [0.15, 0.2) is 173 Å². The van der Waals surface area contributed by atoms with Gasteiger partial charge in [0.1, 0.15) is 22.3 Å². The molecular formula is C47H27N3O2. The Morgan fingerprint density at radius 2 is 0.846 bits per heavy atom. The van der Waals surface area contributed by atoms with Crippen LogP contribution < -0.4 is 0 Å². The van der Waals surface area contributed by atoms with Crippen molar-refractivity contribution in [1.29, 1.82) is 0 Å². The molecule has 0 aliphatic rings. The molecule has 0 spiro atoms. The predicted octanol–water partition coefficient (Wildman–Crippen LogP) is 12.6. The predicted molar refractivity (Wildman–Crippen MR) is 211 cm³/mol. The second-order valence-corrected chi connectivity index (χ2v) is 13.1. The molecule has 0 unspecified atom stereocenters. The van der Waals surface area contributed by atoms with Crippen molar-refractivity contribution < 1.29 is 8.83 Å². The zero-order chi connectivity index (χ0) is 34.2. The van der Waals surface area contributed by atoms with E-state index in [1.165, 1.54) is 16.2 Å². The number of fused-ring (bicyclic) bond motifs is 9. The number of furan rings is 2. The highest BCUT2D eigenvalue weighted by molar-refractivity contribution is 6.21. The second-order valence-electron chi connectivity index (χ2n) is 13.1. The Morgan fingerprint density at radius 3 is 1.65 bits per heavy atom. The normalized spacial score (nSPS) is 11.8. The molecule has 0 saturated heterocycles. The van der Waals surface area contributed by atoms with E-state index in [0.29, 0.717) is 17.5 Å². The van der Waals surface area contributed by atoms with Gasteiger partial charge in [-0.25, -0.2) is 15.0 Å². The van der Waals surface area contributed by atoms with E-state index in [0.717, 1.165) is 77.1 Å². The molecule has 0 radical (unpaired) electrons. The van der Waals surface area contributed by atoms with Gasteiger partial charge in [-0.1, -0.05) is 133 Å². The first-order valence-electron chi connectivity index (χ1n) is 17.4. The lowest BCUT2D eigenvalue weighted by molar-refractivity contribution is 0.668. The van der Waals surface area contributed by atoms with Gasteiger partial charge in [-0.2, -0.15) is 0 Å². The fourth-order valence-corrected chi connectivity index (χ4v) is 7.77. The standard InChI is InChI=1S/C47H27N3O2/c1-2-12-29(13-3-1)45-48-46(31-25-26-33-30(27-31)24-23-28-11-4-5-14-32(28)33)50-47(49-45)37-18-10-22-41-44(37)43-35(17-9-21-40(43)52-41)34-16-8-20-39-42(34)36-15-6-7-19-38(36)51-39/h1-27H. The number of para-hydroxylation sites is 1. The lowest BCUT2D eigenvalue weighted by atomic mass is 9.94. The Bertz CT molecular complexity index is 3190. The fraction of sp³-hybridized carbons (Fsp3) is 0. The first-order valence-corrected chi connectivity index (χ1v) is 17.4. The zero-order valence-electron chi connectivity index (χ0n) is 27.7. The third kappa shape index (κ3) is 4.39. The molecule has 0 N–H and O–H groups in total. The first-order chi connectivity index (χ1) is 25.8. The van der Waals surface area contributed by atoms with Crippen LogP contribution in [0.3, 0.4) is 0 Å². The largest absolute Gasteiger partial charge is 0.456 e. The summed E-state index contributed by atoms with van der Waals surface area (Å²) in [6.07, 6.45) is 0. The van der Waals surface area contributed by atoms with Gasteiger partial charge in [0.05, 0.1) is 0 Å². The van der Waals surface area contributed by atoms with Gasteiger partial charge < -0.3 is 8.83 Å². The minimum atomic E-state index is 0.581. The lowest BCUT2D eigenvalue weighted by Gasteiger charge is -2.11. The van der Waals surface area contributed by atoms with Gasteiger partial charge in [0.25, 0.3) is 0 Å². The number of benzene rings is 8. The maximum atomic E-state index is 6.58. The third-order valence-corrected chi connectivity index (χ3v) is 10.1. The summed E-state index contributed by atoms with van der Waals surface area (Å²) >= 11 is 0. The topological polar surface area (TPSA) is 65.0 Å². The fourth-order valence-electron chi connectivity index (χ4n) is 7.77. The molecule has 5 nitrogen and oxygen atoms in total. The average Bonchev–Trinajstić information content (AvgIpc) is 3.80. The summed E-state index contributed by atoms with van der Waals surface area (Å²) in [5.74, 6) is 1.80. The van der Waals surface area contributed by atoms with Gasteiger partial charge in [-0.3, -0.25) is 0 Å². The van der Waals surface area contributed by atoms with Gasteiger partial charge in [0, 0.05) is 38.2 Å². The highest BCUT2D eigenvalue weighted by Crippen LogP contribution is 2.44. The second kappa shape index (κ2) is 11.2.